The standard InChI is InChI=1S/C18H19BrO2/c1-18-5-4-12-14-6-10(20)2-3-13(14)17(19)8-15(12)16(18)7-11(21)9-18/h2-3,6,8,11,16,20-21H,4-5,7,9H2,1H3/t11-,16+,18-/m1/s1. The van der Waals surface area contributed by atoms with Crippen LogP contribution in [0.15, 0.2) is 28.7 Å². The first-order chi connectivity index (χ1) is 9.98. The smallest absolute Gasteiger partial charge is 0.116 e. The van der Waals surface area contributed by atoms with Gasteiger partial charge in [0.05, 0.1) is 6.10 Å². The molecule has 2 aliphatic carbocycles. The zero-order valence-electron chi connectivity index (χ0n) is 12.1. The highest BCUT2D eigenvalue weighted by Crippen LogP contribution is 2.57. The summed E-state index contributed by atoms with van der Waals surface area (Å²) in [6, 6.07) is 7.85. The van der Waals surface area contributed by atoms with Gasteiger partial charge in [-0.05, 0) is 83.2 Å². The fourth-order valence-electron chi connectivity index (χ4n) is 4.55. The lowest BCUT2D eigenvalue weighted by Gasteiger charge is -2.38. The Kier molecular flexibility index (Phi) is 2.89. The summed E-state index contributed by atoms with van der Waals surface area (Å²) in [5.74, 6) is 0.752. The van der Waals surface area contributed by atoms with Gasteiger partial charge in [-0.25, -0.2) is 0 Å². The summed E-state index contributed by atoms with van der Waals surface area (Å²) in [5, 5.41) is 22.3. The van der Waals surface area contributed by atoms with Crippen LogP contribution in [-0.4, -0.2) is 16.3 Å². The number of halogens is 1. The molecule has 3 heteroatoms. The molecule has 2 aromatic carbocycles. The van der Waals surface area contributed by atoms with E-state index in [1.807, 2.05) is 12.1 Å². The molecule has 0 amide bonds. The number of phenolic OH excluding ortho intramolecular Hbond substituents is 1. The fraction of sp³-hybridized carbons (Fsp3) is 0.444. The second-order valence-corrected chi connectivity index (χ2v) is 7.81. The molecule has 110 valence electrons. The number of hydrogen-bond donors (Lipinski definition) is 2. The van der Waals surface area contributed by atoms with Crippen LogP contribution in [0.4, 0.5) is 0 Å². The predicted molar refractivity (Wildman–Crippen MR) is 87.7 cm³/mol. The minimum Gasteiger partial charge on any atom is -0.508 e. The van der Waals surface area contributed by atoms with E-state index in [1.54, 1.807) is 6.07 Å². The van der Waals surface area contributed by atoms with E-state index in [0.717, 1.165) is 40.9 Å². The van der Waals surface area contributed by atoms with Crippen LogP contribution in [0.2, 0.25) is 0 Å². The van der Waals surface area contributed by atoms with Crippen molar-refractivity contribution in [1.29, 1.82) is 0 Å². The molecule has 2 aliphatic rings. The van der Waals surface area contributed by atoms with E-state index in [4.69, 9.17) is 0 Å². The van der Waals surface area contributed by atoms with Gasteiger partial charge in [-0.3, -0.25) is 0 Å². The zero-order chi connectivity index (χ0) is 14.8. The van der Waals surface area contributed by atoms with Gasteiger partial charge in [0.1, 0.15) is 5.75 Å². The number of benzene rings is 2. The Bertz CT molecular complexity index is 740. The van der Waals surface area contributed by atoms with Gasteiger partial charge >= 0.3 is 0 Å². The maximum atomic E-state index is 10.1. The van der Waals surface area contributed by atoms with Crippen LogP contribution in [0.3, 0.4) is 0 Å². The number of aliphatic hydroxyl groups excluding tert-OH is 1. The Morgan fingerprint density at radius 3 is 2.86 bits per heavy atom. The number of phenols is 1. The lowest BCUT2D eigenvalue weighted by molar-refractivity contribution is 0.159. The number of aliphatic hydroxyl groups is 1. The Balaban J connectivity index is 1.99. The molecular weight excluding hydrogens is 328 g/mol. The Morgan fingerprint density at radius 1 is 1.24 bits per heavy atom. The van der Waals surface area contributed by atoms with E-state index in [9.17, 15) is 10.2 Å². The van der Waals surface area contributed by atoms with Crippen molar-refractivity contribution in [2.45, 2.75) is 44.6 Å². The maximum absolute atomic E-state index is 10.1. The van der Waals surface area contributed by atoms with Gasteiger partial charge in [-0.1, -0.05) is 22.9 Å². The highest BCUT2D eigenvalue weighted by Gasteiger charge is 2.47. The highest BCUT2D eigenvalue weighted by molar-refractivity contribution is 9.10. The van der Waals surface area contributed by atoms with Gasteiger partial charge in [0.2, 0.25) is 0 Å². The van der Waals surface area contributed by atoms with Crippen molar-refractivity contribution in [2.75, 3.05) is 0 Å². The molecule has 3 atom stereocenters. The monoisotopic (exact) mass is 346 g/mol. The van der Waals surface area contributed by atoms with Crippen molar-refractivity contribution in [3.05, 3.63) is 39.9 Å². The molecule has 2 nitrogen and oxygen atoms in total. The molecule has 2 N–H and O–H groups in total. The third-order valence-electron chi connectivity index (χ3n) is 5.59. The molecule has 0 heterocycles. The quantitative estimate of drug-likeness (QED) is 0.737. The number of rotatable bonds is 0. The highest BCUT2D eigenvalue weighted by atomic mass is 79.9. The van der Waals surface area contributed by atoms with E-state index in [0.29, 0.717) is 11.7 Å². The predicted octanol–water partition coefficient (Wildman–Crippen LogP) is 4.50. The van der Waals surface area contributed by atoms with Gasteiger partial charge in [0.25, 0.3) is 0 Å². The average Bonchev–Trinajstić information content (AvgIpc) is 2.73. The first kappa shape index (κ1) is 13.6. The van der Waals surface area contributed by atoms with Crippen LogP contribution < -0.4 is 0 Å². The number of aryl methyl sites for hydroxylation is 1. The molecule has 1 saturated carbocycles. The van der Waals surface area contributed by atoms with Gasteiger partial charge in [0.15, 0.2) is 0 Å². The van der Waals surface area contributed by atoms with E-state index in [2.05, 4.69) is 28.9 Å². The first-order valence-electron chi connectivity index (χ1n) is 7.60. The van der Waals surface area contributed by atoms with E-state index in [-0.39, 0.29) is 11.5 Å². The van der Waals surface area contributed by atoms with Crippen molar-refractivity contribution in [2.24, 2.45) is 5.41 Å². The van der Waals surface area contributed by atoms with Crippen molar-refractivity contribution < 1.29 is 10.2 Å². The summed E-state index contributed by atoms with van der Waals surface area (Å²) in [6.45, 7) is 2.32. The lowest BCUT2D eigenvalue weighted by atomic mass is 9.66. The van der Waals surface area contributed by atoms with Gasteiger partial charge in [-0.15, -0.1) is 0 Å². The normalized spacial score (nSPS) is 31.2. The number of fused-ring (bicyclic) bond motifs is 5. The summed E-state index contributed by atoms with van der Waals surface area (Å²) in [4.78, 5) is 0. The van der Waals surface area contributed by atoms with Crippen LogP contribution in [0.1, 0.15) is 43.2 Å². The minimum atomic E-state index is -0.176. The number of aromatic hydroxyl groups is 1. The molecule has 4 rings (SSSR count). The molecule has 2 aromatic rings. The summed E-state index contributed by atoms with van der Waals surface area (Å²) >= 11 is 3.69. The van der Waals surface area contributed by atoms with Crippen LogP contribution in [0, 0.1) is 5.41 Å². The largest absolute Gasteiger partial charge is 0.508 e. The fourth-order valence-corrected chi connectivity index (χ4v) is 5.14. The third kappa shape index (κ3) is 1.94. The molecule has 0 saturated heterocycles. The minimum absolute atomic E-state index is 0.176. The van der Waals surface area contributed by atoms with Crippen molar-refractivity contribution in [3.63, 3.8) is 0 Å². The summed E-state index contributed by atoms with van der Waals surface area (Å²) in [7, 11) is 0. The van der Waals surface area contributed by atoms with Gasteiger partial charge in [-0.2, -0.15) is 0 Å². The van der Waals surface area contributed by atoms with Crippen LogP contribution in [0.5, 0.6) is 5.75 Å². The molecule has 0 unspecified atom stereocenters. The average molecular weight is 347 g/mol. The summed E-state index contributed by atoms with van der Waals surface area (Å²) < 4.78 is 1.09. The molecule has 0 aromatic heterocycles. The lowest BCUT2D eigenvalue weighted by Crippen LogP contribution is -2.26. The Morgan fingerprint density at radius 2 is 2.05 bits per heavy atom. The van der Waals surface area contributed by atoms with Crippen LogP contribution in [0.25, 0.3) is 10.8 Å². The topological polar surface area (TPSA) is 40.5 Å². The second-order valence-electron chi connectivity index (χ2n) is 6.96. The molecule has 0 bridgehead atoms. The molecule has 0 radical (unpaired) electrons. The van der Waals surface area contributed by atoms with Gasteiger partial charge in [0, 0.05) is 4.47 Å². The SMILES string of the molecule is C[C@]12CCc3c(cc(Br)c4ccc(O)cc34)[C@@H]1C[C@@H](O)C2. The van der Waals surface area contributed by atoms with E-state index < -0.39 is 0 Å². The van der Waals surface area contributed by atoms with E-state index >= 15 is 0 Å². The maximum Gasteiger partial charge on any atom is 0.116 e. The van der Waals surface area contributed by atoms with Crippen LogP contribution >= 0.6 is 15.9 Å². The van der Waals surface area contributed by atoms with Crippen LogP contribution in [-0.2, 0) is 6.42 Å². The Hall–Kier alpha value is -1.06. The molecule has 0 aliphatic heterocycles. The van der Waals surface area contributed by atoms with Gasteiger partial charge < -0.3 is 10.2 Å². The van der Waals surface area contributed by atoms with Crippen molar-refractivity contribution >= 4 is 26.7 Å². The molecule has 1 fully saturated rings. The van der Waals surface area contributed by atoms with E-state index in [1.165, 1.54) is 11.1 Å². The zero-order valence-corrected chi connectivity index (χ0v) is 13.7. The molecule has 0 spiro atoms. The molecular formula is C18H19BrO2. The third-order valence-corrected chi connectivity index (χ3v) is 6.24. The first-order valence-corrected chi connectivity index (χ1v) is 8.39. The van der Waals surface area contributed by atoms with Crippen molar-refractivity contribution in [3.8, 4) is 5.75 Å². The summed E-state index contributed by atoms with van der Waals surface area (Å²) in [6.07, 6.45) is 3.74. The Labute approximate surface area is 132 Å². The summed E-state index contributed by atoms with van der Waals surface area (Å²) in [5.41, 5.74) is 2.95. The van der Waals surface area contributed by atoms with Crippen molar-refractivity contribution in [1.82, 2.24) is 0 Å². The second kappa shape index (κ2) is 4.47. The number of hydrogen-bond acceptors (Lipinski definition) is 2. The molecule has 21 heavy (non-hydrogen) atoms.